The van der Waals surface area contributed by atoms with Gasteiger partial charge in [-0.05, 0) is 47.0 Å². The third kappa shape index (κ3) is 4.33. The van der Waals surface area contributed by atoms with E-state index in [4.69, 9.17) is 5.73 Å². The van der Waals surface area contributed by atoms with Crippen molar-refractivity contribution in [3.05, 3.63) is 51.7 Å². The standard InChI is InChI=1S/C17H22N2OS/c1-3-13-8-9-21-16(13)11-19-17(20)10-12(2)14-4-6-15(18)7-5-14/h4-9,12H,3,10-11,18H2,1-2H3,(H,19,20). The van der Waals surface area contributed by atoms with Crippen LogP contribution in [0.15, 0.2) is 35.7 Å². The molecule has 0 aliphatic carbocycles. The normalized spacial score (nSPS) is 12.1. The Balaban J connectivity index is 1.85. The van der Waals surface area contributed by atoms with Crippen molar-refractivity contribution in [3.63, 3.8) is 0 Å². The number of thiophene rings is 1. The molecular weight excluding hydrogens is 280 g/mol. The van der Waals surface area contributed by atoms with Gasteiger partial charge in [-0.1, -0.05) is 26.0 Å². The minimum Gasteiger partial charge on any atom is -0.399 e. The van der Waals surface area contributed by atoms with Crippen molar-refractivity contribution < 1.29 is 4.79 Å². The number of amides is 1. The number of nitrogen functional groups attached to an aromatic ring is 1. The number of nitrogens with one attached hydrogen (secondary N) is 1. The van der Waals surface area contributed by atoms with E-state index >= 15 is 0 Å². The molecule has 0 radical (unpaired) electrons. The monoisotopic (exact) mass is 302 g/mol. The Kier molecular flexibility index (Phi) is 5.39. The van der Waals surface area contributed by atoms with Gasteiger partial charge < -0.3 is 11.1 Å². The number of aryl methyl sites for hydroxylation is 1. The molecule has 1 aromatic heterocycles. The van der Waals surface area contributed by atoms with Crippen molar-refractivity contribution in [3.8, 4) is 0 Å². The molecule has 0 spiro atoms. The number of hydrogen-bond donors (Lipinski definition) is 2. The summed E-state index contributed by atoms with van der Waals surface area (Å²) in [5.41, 5.74) is 8.90. The maximum absolute atomic E-state index is 12.1. The molecule has 0 bridgehead atoms. The molecule has 0 saturated carbocycles. The van der Waals surface area contributed by atoms with Crippen LogP contribution in [-0.4, -0.2) is 5.91 Å². The van der Waals surface area contributed by atoms with Crippen molar-refractivity contribution >= 4 is 22.9 Å². The molecular formula is C17H22N2OS. The predicted octanol–water partition coefficient (Wildman–Crippen LogP) is 3.70. The van der Waals surface area contributed by atoms with Crippen LogP contribution >= 0.6 is 11.3 Å². The number of anilines is 1. The van der Waals surface area contributed by atoms with Gasteiger partial charge in [0.2, 0.25) is 5.91 Å². The van der Waals surface area contributed by atoms with Gasteiger partial charge >= 0.3 is 0 Å². The highest BCUT2D eigenvalue weighted by atomic mass is 32.1. The van der Waals surface area contributed by atoms with Crippen LogP contribution in [0.25, 0.3) is 0 Å². The molecule has 1 aromatic carbocycles. The third-order valence-electron chi connectivity index (χ3n) is 3.66. The summed E-state index contributed by atoms with van der Waals surface area (Å²) in [6, 6.07) is 9.86. The van der Waals surface area contributed by atoms with Crippen molar-refractivity contribution in [2.45, 2.75) is 39.2 Å². The lowest BCUT2D eigenvalue weighted by Gasteiger charge is -2.12. The Bertz CT molecular complexity index is 589. The zero-order valence-electron chi connectivity index (χ0n) is 12.6. The van der Waals surface area contributed by atoms with Crippen LogP contribution in [0.3, 0.4) is 0 Å². The molecule has 1 heterocycles. The predicted molar refractivity (Wildman–Crippen MR) is 89.4 cm³/mol. The zero-order chi connectivity index (χ0) is 15.2. The highest BCUT2D eigenvalue weighted by molar-refractivity contribution is 7.10. The van der Waals surface area contributed by atoms with E-state index in [2.05, 4.69) is 30.6 Å². The fourth-order valence-electron chi connectivity index (χ4n) is 2.31. The van der Waals surface area contributed by atoms with Gasteiger partial charge in [-0.15, -0.1) is 11.3 Å². The first-order valence-corrected chi connectivity index (χ1v) is 8.15. The van der Waals surface area contributed by atoms with E-state index in [0.29, 0.717) is 13.0 Å². The Morgan fingerprint density at radius 3 is 2.67 bits per heavy atom. The van der Waals surface area contributed by atoms with Gasteiger partial charge in [-0.2, -0.15) is 0 Å². The molecule has 0 aliphatic heterocycles. The second-order valence-electron chi connectivity index (χ2n) is 5.27. The van der Waals surface area contributed by atoms with Gasteiger partial charge in [0, 0.05) is 17.0 Å². The van der Waals surface area contributed by atoms with E-state index in [9.17, 15) is 4.79 Å². The first-order chi connectivity index (χ1) is 10.1. The summed E-state index contributed by atoms with van der Waals surface area (Å²) in [6.45, 7) is 4.83. The maximum atomic E-state index is 12.1. The van der Waals surface area contributed by atoms with Gasteiger partial charge in [0.1, 0.15) is 0 Å². The van der Waals surface area contributed by atoms with E-state index < -0.39 is 0 Å². The number of carbonyl (C=O) groups excluding carboxylic acids is 1. The second-order valence-corrected chi connectivity index (χ2v) is 6.27. The Labute approximate surface area is 130 Å². The molecule has 4 heteroatoms. The molecule has 3 N–H and O–H groups in total. The summed E-state index contributed by atoms with van der Waals surface area (Å²) >= 11 is 1.70. The summed E-state index contributed by atoms with van der Waals surface area (Å²) in [5.74, 6) is 0.286. The van der Waals surface area contributed by atoms with E-state index in [1.165, 1.54) is 10.4 Å². The number of hydrogen-bond acceptors (Lipinski definition) is 3. The molecule has 2 aromatic rings. The fraction of sp³-hybridized carbons (Fsp3) is 0.353. The Morgan fingerprint density at radius 2 is 2.00 bits per heavy atom. The number of nitrogens with two attached hydrogens (primary N) is 1. The number of rotatable bonds is 6. The summed E-state index contributed by atoms with van der Waals surface area (Å²) < 4.78 is 0. The summed E-state index contributed by atoms with van der Waals surface area (Å²) in [6.07, 6.45) is 1.51. The van der Waals surface area contributed by atoms with Crippen molar-refractivity contribution in [1.29, 1.82) is 0 Å². The molecule has 0 aliphatic rings. The number of carbonyl (C=O) groups is 1. The lowest BCUT2D eigenvalue weighted by atomic mass is 9.97. The molecule has 21 heavy (non-hydrogen) atoms. The lowest BCUT2D eigenvalue weighted by Crippen LogP contribution is -2.24. The van der Waals surface area contributed by atoms with Crippen molar-refractivity contribution in [1.82, 2.24) is 5.32 Å². The van der Waals surface area contributed by atoms with E-state index in [1.807, 2.05) is 24.3 Å². The van der Waals surface area contributed by atoms with Crippen LogP contribution in [-0.2, 0) is 17.8 Å². The quantitative estimate of drug-likeness (QED) is 0.799. The lowest BCUT2D eigenvalue weighted by molar-refractivity contribution is -0.121. The average molecular weight is 302 g/mol. The maximum Gasteiger partial charge on any atom is 0.220 e. The molecule has 1 amide bonds. The van der Waals surface area contributed by atoms with Crippen LogP contribution < -0.4 is 11.1 Å². The fourth-order valence-corrected chi connectivity index (χ4v) is 3.22. The summed E-state index contributed by atoms with van der Waals surface area (Å²) in [7, 11) is 0. The largest absolute Gasteiger partial charge is 0.399 e. The Morgan fingerprint density at radius 1 is 1.29 bits per heavy atom. The highest BCUT2D eigenvalue weighted by Crippen LogP contribution is 2.21. The minimum atomic E-state index is 0.0924. The summed E-state index contributed by atoms with van der Waals surface area (Å²) in [4.78, 5) is 13.3. The third-order valence-corrected chi connectivity index (χ3v) is 4.62. The van der Waals surface area contributed by atoms with Crippen LogP contribution in [0.5, 0.6) is 0 Å². The van der Waals surface area contributed by atoms with Crippen molar-refractivity contribution in [2.75, 3.05) is 5.73 Å². The molecule has 0 saturated heterocycles. The highest BCUT2D eigenvalue weighted by Gasteiger charge is 2.12. The SMILES string of the molecule is CCc1ccsc1CNC(=O)CC(C)c1ccc(N)cc1. The summed E-state index contributed by atoms with van der Waals surface area (Å²) in [5, 5.41) is 5.10. The van der Waals surface area contributed by atoms with Crippen LogP contribution in [0.2, 0.25) is 0 Å². The molecule has 2 rings (SSSR count). The van der Waals surface area contributed by atoms with Crippen LogP contribution in [0, 0.1) is 0 Å². The minimum absolute atomic E-state index is 0.0924. The average Bonchev–Trinajstić information content (AvgIpc) is 2.93. The van der Waals surface area contributed by atoms with Gasteiger partial charge in [-0.25, -0.2) is 0 Å². The van der Waals surface area contributed by atoms with Gasteiger partial charge in [0.25, 0.3) is 0 Å². The van der Waals surface area contributed by atoms with Crippen LogP contribution in [0.4, 0.5) is 5.69 Å². The number of benzene rings is 1. The molecule has 0 fully saturated rings. The zero-order valence-corrected chi connectivity index (χ0v) is 13.4. The molecule has 1 atom stereocenters. The van der Waals surface area contributed by atoms with E-state index in [0.717, 1.165) is 17.7 Å². The molecule has 1 unspecified atom stereocenters. The van der Waals surface area contributed by atoms with Gasteiger partial charge in [-0.3, -0.25) is 4.79 Å². The van der Waals surface area contributed by atoms with Crippen LogP contribution in [0.1, 0.15) is 42.2 Å². The van der Waals surface area contributed by atoms with Crippen molar-refractivity contribution in [2.24, 2.45) is 0 Å². The van der Waals surface area contributed by atoms with Gasteiger partial charge in [0.15, 0.2) is 0 Å². The second kappa shape index (κ2) is 7.27. The Hall–Kier alpha value is -1.81. The molecule has 112 valence electrons. The van der Waals surface area contributed by atoms with E-state index in [-0.39, 0.29) is 11.8 Å². The first-order valence-electron chi connectivity index (χ1n) is 7.27. The topological polar surface area (TPSA) is 55.1 Å². The smallest absolute Gasteiger partial charge is 0.220 e. The first kappa shape index (κ1) is 15.6. The van der Waals surface area contributed by atoms with Gasteiger partial charge in [0.05, 0.1) is 6.54 Å². The molecule has 3 nitrogen and oxygen atoms in total. The van der Waals surface area contributed by atoms with E-state index in [1.54, 1.807) is 11.3 Å².